The molecule has 3 fully saturated rings. The quantitative estimate of drug-likeness (QED) is 0.442. The van der Waals surface area contributed by atoms with E-state index in [0.717, 1.165) is 44.9 Å². The molecule has 0 aromatic rings. The van der Waals surface area contributed by atoms with Crippen molar-refractivity contribution in [3.8, 4) is 0 Å². The van der Waals surface area contributed by atoms with Crippen molar-refractivity contribution in [2.45, 2.75) is 112 Å². The van der Waals surface area contributed by atoms with E-state index < -0.39 is 11.4 Å². The number of carboxylic acids is 1. The number of aliphatic hydroxyl groups is 1. The lowest BCUT2D eigenvalue weighted by Crippen LogP contribution is -2.64. The lowest BCUT2D eigenvalue weighted by Gasteiger charge is -2.70. The van der Waals surface area contributed by atoms with Gasteiger partial charge in [-0.2, -0.15) is 0 Å². The number of carbonyl (C=O) groups is 1. The van der Waals surface area contributed by atoms with E-state index in [2.05, 4.69) is 54.5 Å². The Labute approximate surface area is 201 Å². The van der Waals surface area contributed by atoms with Gasteiger partial charge in [0, 0.05) is 0 Å². The van der Waals surface area contributed by atoms with Crippen LogP contribution in [0.3, 0.4) is 0 Å². The molecule has 3 nitrogen and oxygen atoms in total. The minimum absolute atomic E-state index is 0.0245. The van der Waals surface area contributed by atoms with E-state index in [1.807, 2.05) is 0 Å². The molecule has 8 atom stereocenters. The molecule has 33 heavy (non-hydrogen) atoms. The molecule has 3 saturated carbocycles. The van der Waals surface area contributed by atoms with Gasteiger partial charge in [-0.3, -0.25) is 4.79 Å². The molecule has 0 amide bonds. The summed E-state index contributed by atoms with van der Waals surface area (Å²) in [7, 11) is 0. The lowest BCUT2D eigenvalue weighted by atomic mass is 9.34. The Hall–Kier alpha value is -1.09. The third kappa shape index (κ3) is 2.69. The van der Waals surface area contributed by atoms with Crippen LogP contribution in [0.2, 0.25) is 0 Å². The van der Waals surface area contributed by atoms with Crippen molar-refractivity contribution in [3.63, 3.8) is 0 Å². The number of hydrogen-bond donors (Lipinski definition) is 2. The number of aliphatic hydroxyl groups excluding tert-OH is 1. The maximum absolute atomic E-state index is 12.8. The van der Waals surface area contributed by atoms with Gasteiger partial charge in [0.2, 0.25) is 0 Å². The maximum Gasteiger partial charge on any atom is 0.314 e. The van der Waals surface area contributed by atoms with E-state index in [9.17, 15) is 15.0 Å². The predicted octanol–water partition coefficient (Wildman–Crippen LogP) is 7.15. The molecular weight excluding hydrogens is 408 g/mol. The zero-order valence-corrected chi connectivity index (χ0v) is 22.1. The topological polar surface area (TPSA) is 57.5 Å². The van der Waals surface area contributed by atoms with Gasteiger partial charge in [0.05, 0.1) is 11.5 Å². The van der Waals surface area contributed by atoms with Crippen LogP contribution in [-0.4, -0.2) is 22.3 Å². The van der Waals surface area contributed by atoms with Crippen molar-refractivity contribution < 1.29 is 15.0 Å². The Balaban J connectivity index is 1.65. The molecule has 2 N–H and O–H groups in total. The van der Waals surface area contributed by atoms with Gasteiger partial charge in [0.25, 0.3) is 0 Å². The minimum atomic E-state index is -0.677. The van der Waals surface area contributed by atoms with Crippen molar-refractivity contribution in [2.24, 2.45) is 44.8 Å². The number of aliphatic carboxylic acids is 1. The molecule has 184 valence electrons. The molecule has 3 heteroatoms. The number of fused-ring (bicyclic) bond motifs is 7. The van der Waals surface area contributed by atoms with Gasteiger partial charge >= 0.3 is 5.97 Å². The third-order valence-electron chi connectivity index (χ3n) is 12.8. The first-order valence-corrected chi connectivity index (χ1v) is 13.6. The first-order valence-electron chi connectivity index (χ1n) is 13.6. The van der Waals surface area contributed by atoms with Gasteiger partial charge in [-0.15, -0.1) is 0 Å². The second-order valence-corrected chi connectivity index (χ2v) is 14.0. The minimum Gasteiger partial charge on any atom is -0.481 e. The van der Waals surface area contributed by atoms with Crippen LogP contribution in [0.15, 0.2) is 22.8 Å². The first kappa shape index (κ1) is 23.6. The van der Waals surface area contributed by atoms with Crippen LogP contribution in [0, 0.1) is 44.8 Å². The summed E-state index contributed by atoms with van der Waals surface area (Å²) in [4.78, 5) is 12.8. The molecular formula is C30H46O3. The highest BCUT2D eigenvalue weighted by Gasteiger charge is 2.68. The first-order chi connectivity index (χ1) is 15.3. The van der Waals surface area contributed by atoms with Crippen LogP contribution >= 0.6 is 0 Å². The van der Waals surface area contributed by atoms with Crippen LogP contribution in [0.4, 0.5) is 0 Å². The second-order valence-electron chi connectivity index (χ2n) is 14.0. The Bertz CT molecular complexity index is 942. The van der Waals surface area contributed by atoms with Gasteiger partial charge in [-0.25, -0.2) is 0 Å². The molecule has 0 spiro atoms. The van der Waals surface area contributed by atoms with Gasteiger partial charge in [-0.05, 0) is 115 Å². The Kier molecular flexibility index (Phi) is 5.01. The Morgan fingerprint density at radius 3 is 2.30 bits per heavy atom. The highest BCUT2D eigenvalue weighted by Crippen LogP contribution is 2.75. The molecule has 0 aliphatic heterocycles. The number of allylic oxidation sites excluding steroid dienone is 3. The van der Waals surface area contributed by atoms with E-state index >= 15 is 0 Å². The zero-order valence-electron chi connectivity index (χ0n) is 22.1. The predicted molar refractivity (Wildman–Crippen MR) is 133 cm³/mol. The van der Waals surface area contributed by atoms with E-state index in [1.54, 1.807) is 0 Å². The maximum atomic E-state index is 12.8. The monoisotopic (exact) mass is 454 g/mol. The van der Waals surface area contributed by atoms with Crippen molar-refractivity contribution in [1.29, 1.82) is 0 Å². The molecule has 5 rings (SSSR count). The summed E-state index contributed by atoms with van der Waals surface area (Å²) < 4.78 is 0. The zero-order chi connectivity index (χ0) is 24.2. The number of rotatable bonds is 1. The SMILES string of the molecule is CC1=C2C3=CC[C@@H]4[C@@]5(C)CC[C@H](O)C(C)(C)C5CC[C@@]4(C)[C@]3(C)CC[C@@]2(C(=O)O)CC[C@@H]1C. The summed E-state index contributed by atoms with van der Waals surface area (Å²) in [5, 5.41) is 21.4. The molecule has 0 heterocycles. The summed E-state index contributed by atoms with van der Waals surface area (Å²) in [5.74, 6) is 0.999. The standard InChI is InChI=1S/C30H46O3/c1-18-10-15-30(25(32)33)17-16-28(6)20(24(30)19(18)2)8-9-22-27(5)13-12-23(31)26(3,4)21(27)11-14-29(22,28)7/h8,18,21-23,31H,9-17H2,1-7H3,(H,32,33)/t18-,21?,22+,23-,27-,28+,29+,30-/m0/s1. The largest absolute Gasteiger partial charge is 0.481 e. The number of carboxylic acid groups (broad SMARTS) is 1. The summed E-state index contributed by atoms with van der Waals surface area (Å²) in [6.45, 7) is 16.7. The van der Waals surface area contributed by atoms with Crippen LogP contribution in [-0.2, 0) is 4.79 Å². The van der Waals surface area contributed by atoms with Gasteiger partial charge in [0.1, 0.15) is 0 Å². The molecule has 1 unspecified atom stereocenters. The van der Waals surface area contributed by atoms with Crippen molar-refractivity contribution in [1.82, 2.24) is 0 Å². The molecule has 5 aliphatic rings. The average molecular weight is 455 g/mol. The van der Waals surface area contributed by atoms with E-state index in [0.29, 0.717) is 17.8 Å². The fraction of sp³-hybridized carbons (Fsp3) is 0.833. The molecule has 0 saturated heterocycles. The highest BCUT2D eigenvalue weighted by atomic mass is 16.4. The van der Waals surface area contributed by atoms with Gasteiger partial charge in [0.15, 0.2) is 0 Å². The van der Waals surface area contributed by atoms with E-state index in [-0.39, 0.29) is 27.8 Å². The van der Waals surface area contributed by atoms with Crippen LogP contribution in [0.5, 0.6) is 0 Å². The van der Waals surface area contributed by atoms with Crippen LogP contribution < -0.4 is 0 Å². The van der Waals surface area contributed by atoms with Crippen molar-refractivity contribution in [2.75, 3.05) is 0 Å². The van der Waals surface area contributed by atoms with Gasteiger partial charge < -0.3 is 10.2 Å². The highest BCUT2D eigenvalue weighted by molar-refractivity contribution is 5.82. The Morgan fingerprint density at radius 2 is 1.64 bits per heavy atom. The summed E-state index contributed by atoms with van der Waals surface area (Å²) in [5.41, 5.74) is 3.65. The molecule has 0 aromatic heterocycles. The molecule has 0 bridgehead atoms. The van der Waals surface area contributed by atoms with Crippen molar-refractivity contribution in [3.05, 3.63) is 22.8 Å². The van der Waals surface area contributed by atoms with Gasteiger partial charge in [-0.1, -0.05) is 53.2 Å². The average Bonchev–Trinajstić information content (AvgIpc) is 2.74. The van der Waals surface area contributed by atoms with Crippen molar-refractivity contribution >= 4 is 5.97 Å². The van der Waals surface area contributed by atoms with Crippen LogP contribution in [0.25, 0.3) is 0 Å². The smallest absolute Gasteiger partial charge is 0.314 e. The van der Waals surface area contributed by atoms with E-state index in [1.165, 1.54) is 29.6 Å². The third-order valence-corrected chi connectivity index (χ3v) is 12.8. The van der Waals surface area contributed by atoms with E-state index in [4.69, 9.17) is 0 Å². The number of hydrogen-bond acceptors (Lipinski definition) is 2. The fourth-order valence-corrected chi connectivity index (χ4v) is 10.2. The summed E-state index contributed by atoms with van der Waals surface area (Å²) >= 11 is 0. The molecule has 0 aromatic carbocycles. The Morgan fingerprint density at radius 1 is 0.939 bits per heavy atom. The lowest BCUT2D eigenvalue weighted by molar-refractivity contribution is -0.197. The summed E-state index contributed by atoms with van der Waals surface area (Å²) in [6, 6.07) is 0. The normalized spacial score (nSPS) is 51.0. The molecule has 5 aliphatic carbocycles. The molecule has 0 radical (unpaired) electrons. The second kappa shape index (κ2) is 6.99. The van der Waals surface area contributed by atoms with Crippen LogP contribution in [0.1, 0.15) is 106 Å². The fourth-order valence-electron chi connectivity index (χ4n) is 10.2. The summed E-state index contributed by atoms with van der Waals surface area (Å²) in [6.07, 6.45) is 11.3.